The van der Waals surface area contributed by atoms with Crippen LogP contribution in [0.3, 0.4) is 0 Å². The van der Waals surface area contributed by atoms with Gasteiger partial charge in [0.1, 0.15) is 0 Å². The number of carbonyl (C=O) groups excluding carboxylic acids is 1. The summed E-state index contributed by atoms with van der Waals surface area (Å²) < 4.78 is 38.5. The molecule has 1 aromatic carbocycles. The molecule has 1 atom stereocenters. The minimum Gasteiger partial charge on any atom is -0.462 e. The smallest absolute Gasteiger partial charge is 0.338 e. The standard InChI is InChI=1S/C20H24N2O5S/c1-2-26-20(23)17-7-9-19(10-8-17)28(24,25)22(15-18-6-4-12-27-18)14-16-5-3-11-21-13-16/h3,5,7-11,13,18H,2,4,6,12,14-15H2,1H3/t18-/m1/s1. The van der Waals surface area contributed by atoms with Gasteiger partial charge < -0.3 is 9.47 Å². The first-order valence-electron chi connectivity index (χ1n) is 9.28. The molecule has 2 heterocycles. The monoisotopic (exact) mass is 404 g/mol. The van der Waals surface area contributed by atoms with Crippen LogP contribution in [0.5, 0.6) is 0 Å². The van der Waals surface area contributed by atoms with Crippen molar-refractivity contribution < 1.29 is 22.7 Å². The summed E-state index contributed by atoms with van der Waals surface area (Å²) in [5.74, 6) is -0.474. The van der Waals surface area contributed by atoms with Gasteiger partial charge in [-0.3, -0.25) is 4.98 Å². The first-order valence-corrected chi connectivity index (χ1v) is 10.7. The van der Waals surface area contributed by atoms with E-state index >= 15 is 0 Å². The van der Waals surface area contributed by atoms with Crippen LogP contribution in [0, 0.1) is 0 Å². The first-order chi connectivity index (χ1) is 13.5. The van der Waals surface area contributed by atoms with E-state index in [1.165, 1.54) is 28.6 Å². The number of carbonyl (C=O) groups is 1. The molecule has 1 aliphatic heterocycles. The summed E-state index contributed by atoms with van der Waals surface area (Å²) in [7, 11) is -3.77. The molecule has 28 heavy (non-hydrogen) atoms. The van der Waals surface area contributed by atoms with E-state index in [9.17, 15) is 13.2 Å². The Hall–Kier alpha value is -2.29. The molecule has 0 aliphatic carbocycles. The van der Waals surface area contributed by atoms with Crippen molar-refractivity contribution in [3.63, 3.8) is 0 Å². The molecule has 2 aromatic rings. The summed E-state index contributed by atoms with van der Waals surface area (Å²) in [6, 6.07) is 9.44. The van der Waals surface area contributed by atoms with E-state index in [0.717, 1.165) is 18.4 Å². The summed E-state index contributed by atoms with van der Waals surface area (Å²) >= 11 is 0. The fourth-order valence-corrected chi connectivity index (χ4v) is 4.54. The third-order valence-electron chi connectivity index (χ3n) is 4.52. The number of benzene rings is 1. The van der Waals surface area contributed by atoms with Crippen LogP contribution in [0.2, 0.25) is 0 Å². The van der Waals surface area contributed by atoms with Gasteiger partial charge in [-0.1, -0.05) is 6.07 Å². The number of ether oxygens (including phenoxy) is 2. The maximum Gasteiger partial charge on any atom is 0.338 e. The highest BCUT2D eigenvalue weighted by Crippen LogP contribution is 2.22. The third-order valence-corrected chi connectivity index (χ3v) is 6.34. The predicted molar refractivity (Wildman–Crippen MR) is 103 cm³/mol. The van der Waals surface area contributed by atoms with E-state index in [1.807, 2.05) is 6.07 Å². The zero-order valence-electron chi connectivity index (χ0n) is 15.8. The van der Waals surface area contributed by atoms with E-state index in [0.29, 0.717) is 12.2 Å². The minimum atomic E-state index is -3.77. The molecule has 1 saturated heterocycles. The molecule has 0 saturated carbocycles. The molecular formula is C20H24N2O5S. The minimum absolute atomic E-state index is 0.120. The number of sulfonamides is 1. The van der Waals surface area contributed by atoms with Crippen LogP contribution in [0.15, 0.2) is 53.7 Å². The van der Waals surface area contributed by atoms with Crippen molar-refractivity contribution in [3.8, 4) is 0 Å². The molecule has 1 aliphatic rings. The molecule has 0 bridgehead atoms. The third kappa shape index (κ3) is 4.95. The van der Waals surface area contributed by atoms with Gasteiger partial charge in [-0.15, -0.1) is 0 Å². The Bertz CT molecular complexity index is 879. The van der Waals surface area contributed by atoms with Crippen molar-refractivity contribution in [1.82, 2.24) is 9.29 Å². The molecule has 7 nitrogen and oxygen atoms in total. The van der Waals surface area contributed by atoms with Gasteiger partial charge in [-0.05, 0) is 55.7 Å². The highest BCUT2D eigenvalue weighted by Gasteiger charge is 2.29. The van der Waals surface area contributed by atoms with Crippen molar-refractivity contribution in [2.24, 2.45) is 0 Å². The van der Waals surface area contributed by atoms with E-state index in [2.05, 4.69) is 4.98 Å². The molecule has 0 N–H and O–H groups in total. The Kier molecular flexibility index (Phi) is 6.77. The summed E-state index contributed by atoms with van der Waals surface area (Å²) in [6.07, 6.45) is 4.95. The Morgan fingerprint density at radius 2 is 2.07 bits per heavy atom. The van der Waals surface area contributed by atoms with E-state index in [1.54, 1.807) is 25.4 Å². The Balaban J connectivity index is 1.85. The number of nitrogens with zero attached hydrogens (tertiary/aromatic N) is 2. The maximum atomic E-state index is 13.3. The lowest BCUT2D eigenvalue weighted by Gasteiger charge is -2.25. The lowest BCUT2D eigenvalue weighted by molar-refractivity contribution is 0.0526. The van der Waals surface area contributed by atoms with Crippen LogP contribution in [0.1, 0.15) is 35.7 Å². The second-order valence-electron chi connectivity index (χ2n) is 6.54. The van der Waals surface area contributed by atoms with Gasteiger partial charge in [0, 0.05) is 32.1 Å². The zero-order valence-corrected chi connectivity index (χ0v) is 16.6. The van der Waals surface area contributed by atoms with Crippen molar-refractivity contribution in [3.05, 3.63) is 59.9 Å². The highest BCUT2D eigenvalue weighted by atomic mass is 32.2. The molecule has 0 radical (unpaired) electrons. The van der Waals surface area contributed by atoms with E-state index in [4.69, 9.17) is 9.47 Å². The van der Waals surface area contributed by atoms with Gasteiger partial charge in [0.15, 0.2) is 0 Å². The van der Waals surface area contributed by atoms with Crippen molar-refractivity contribution in [2.75, 3.05) is 19.8 Å². The average molecular weight is 404 g/mol. The van der Waals surface area contributed by atoms with Crippen LogP contribution < -0.4 is 0 Å². The number of esters is 1. The summed E-state index contributed by atoms with van der Waals surface area (Å²) in [5, 5.41) is 0. The van der Waals surface area contributed by atoms with Gasteiger partial charge in [-0.2, -0.15) is 4.31 Å². The Morgan fingerprint density at radius 1 is 1.29 bits per heavy atom. The predicted octanol–water partition coefficient (Wildman–Crippen LogP) is 2.63. The molecule has 1 aromatic heterocycles. The van der Waals surface area contributed by atoms with Crippen LogP contribution in [-0.4, -0.2) is 49.5 Å². The molecule has 150 valence electrons. The Morgan fingerprint density at radius 3 is 2.68 bits per heavy atom. The maximum absolute atomic E-state index is 13.3. The van der Waals surface area contributed by atoms with Crippen molar-refractivity contribution in [2.45, 2.75) is 37.3 Å². The average Bonchev–Trinajstić information content (AvgIpc) is 3.22. The molecule has 8 heteroatoms. The Labute approximate surface area is 165 Å². The van der Waals surface area contributed by atoms with Gasteiger partial charge >= 0.3 is 5.97 Å². The summed E-state index contributed by atoms with van der Waals surface area (Å²) in [6.45, 7) is 3.11. The molecule has 0 spiro atoms. The second-order valence-corrected chi connectivity index (χ2v) is 8.48. The molecule has 1 fully saturated rings. The zero-order chi connectivity index (χ0) is 20.0. The van der Waals surface area contributed by atoms with Crippen molar-refractivity contribution >= 4 is 16.0 Å². The quantitative estimate of drug-likeness (QED) is 0.629. The fraction of sp³-hybridized carbons (Fsp3) is 0.400. The lowest BCUT2D eigenvalue weighted by Crippen LogP contribution is -2.37. The van der Waals surface area contributed by atoms with Crippen LogP contribution in [-0.2, 0) is 26.0 Å². The first kappa shape index (κ1) is 20.4. The van der Waals surface area contributed by atoms with E-state index in [-0.39, 0.29) is 30.7 Å². The fourth-order valence-electron chi connectivity index (χ4n) is 3.08. The number of hydrogen-bond acceptors (Lipinski definition) is 6. The summed E-state index contributed by atoms with van der Waals surface area (Å²) in [4.78, 5) is 16.0. The number of aromatic nitrogens is 1. The topological polar surface area (TPSA) is 85.8 Å². The SMILES string of the molecule is CCOC(=O)c1ccc(S(=O)(=O)N(Cc2cccnc2)C[C@H]2CCCO2)cc1. The number of pyridine rings is 1. The van der Waals surface area contributed by atoms with Gasteiger partial charge in [0.25, 0.3) is 0 Å². The van der Waals surface area contributed by atoms with Crippen LogP contribution >= 0.6 is 0 Å². The van der Waals surface area contributed by atoms with Gasteiger partial charge in [0.05, 0.1) is 23.2 Å². The normalized spacial score (nSPS) is 17.0. The van der Waals surface area contributed by atoms with Crippen LogP contribution in [0.25, 0.3) is 0 Å². The van der Waals surface area contributed by atoms with Gasteiger partial charge in [0.2, 0.25) is 10.0 Å². The summed E-state index contributed by atoms with van der Waals surface area (Å²) in [5.41, 5.74) is 1.12. The molecule has 3 rings (SSSR count). The highest BCUT2D eigenvalue weighted by molar-refractivity contribution is 7.89. The lowest BCUT2D eigenvalue weighted by atomic mass is 10.2. The van der Waals surface area contributed by atoms with Crippen molar-refractivity contribution in [1.29, 1.82) is 0 Å². The molecule has 0 unspecified atom stereocenters. The molecule has 0 amide bonds. The largest absolute Gasteiger partial charge is 0.462 e. The second kappa shape index (κ2) is 9.27. The van der Waals surface area contributed by atoms with Gasteiger partial charge in [-0.25, -0.2) is 13.2 Å². The number of rotatable bonds is 8. The number of hydrogen-bond donors (Lipinski definition) is 0. The van der Waals surface area contributed by atoms with E-state index < -0.39 is 16.0 Å². The van der Waals surface area contributed by atoms with Crippen LogP contribution in [0.4, 0.5) is 0 Å². The molecular weight excluding hydrogens is 380 g/mol.